The third-order valence-electron chi connectivity index (χ3n) is 6.40. The Bertz CT molecular complexity index is 1600. The third kappa shape index (κ3) is 7.81. The van der Waals surface area contributed by atoms with Gasteiger partial charge in [0.1, 0.15) is 0 Å². The maximum atomic E-state index is 12.7. The molecule has 4 aromatic rings. The van der Waals surface area contributed by atoms with Gasteiger partial charge in [0, 0.05) is 23.7 Å². The number of carbonyl (C=O) groups excluding carboxylic acids is 2. The van der Waals surface area contributed by atoms with Gasteiger partial charge in [-0.15, -0.1) is 10.2 Å². The number of ether oxygens (including phenoxy) is 3. The van der Waals surface area contributed by atoms with Crippen LogP contribution in [0.15, 0.2) is 70.9 Å². The number of hydrogen-bond donors (Lipinski definition) is 1. The Kier molecular flexibility index (Phi) is 9.87. The average molecular weight is 602 g/mol. The zero-order valence-electron chi connectivity index (χ0n) is 25.3. The van der Waals surface area contributed by atoms with Crippen molar-refractivity contribution < 1.29 is 23.8 Å². The SMILES string of the molecule is COc1cc(/C=N/NC(=O)CSc2nnc(-c3ccc(C(C)(C)C)cc3)n2-c2ccc(C)cc2)cc(OC)c1OC(C)=O. The van der Waals surface area contributed by atoms with Gasteiger partial charge < -0.3 is 14.2 Å². The van der Waals surface area contributed by atoms with E-state index in [1.165, 1.54) is 44.7 Å². The highest BCUT2D eigenvalue weighted by molar-refractivity contribution is 7.99. The van der Waals surface area contributed by atoms with Crippen LogP contribution in [0.2, 0.25) is 0 Å². The zero-order valence-corrected chi connectivity index (χ0v) is 26.1. The molecular weight excluding hydrogens is 566 g/mol. The molecule has 1 heterocycles. The van der Waals surface area contributed by atoms with E-state index in [1.54, 1.807) is 12.1 Å². The van der Waals surface area contributed by atoms with Crippen LogP contribution in [0.4, 0.5) is 0 Å². The molecule has 0 spiro atoms. The van der Waals surface area contributed by atoms with Crippen molar-refractivity contribution in [3.05, 3.63) is 77.4 Å². The second-order valence-electron chi connectivity index (χ2n) is 10.7. The fraction of sp³-hybridized carbons (Fsp3) is 0.281. The van der Waals surface area contributed by atoms with Gasteiger partial charge in [0.2, 0.25) is 5.75 Å². The van der Waals surface area contributed by atoms with Gasteiger partial charge in [-0.3, -0.25) is 14.2 Å². The molecule has 0 unspecified atom stereocenters. The van der Waals surface area contributed by atoms with Crippen molar-refractivity contribution >= 4 is 29.9 Å². The number of benzene rings is 3. The Morgan fingerprint density at radius 3 is 2.16 bits per heavy atom. The summed E-state index contributed by atoms with van der Waals surface area (Å²) >= 11 is 1.26. The largest absolute Gasteiger partial charge is 0.493 e. The number of hydrogen-bond acceptors (Lipinski definition) is 9. The highest BCUT2D eigenvalue weighted by Gasteiger charge is 2.19. The number of esters is 1. The molecular formula is C32H35N5O5S. The molecule has 224 valence electrons. The average Bonchev–Trinajstić information content (AvgIpc) is 3.40. The van der Waals surface area contributed by atoms with E-state index in [9.17, 15) is 9.59 Å². The van der Waals surface area contributed by atoms with E-state index in [4.69, 9.17) is 14.2 Å². The van der Waals surface area contributed by atoms with Crippen LogP contribution in [0, 0.1) is 6.92 Å². The Balaban J connectivity index is 1.51. The molecule has 0 aliphatic carbocycles. The zero-order chi connectivity index (χ0) is 31.1. The minimum Gasteiger partial charge on any atom is -0.493 e. The van der Waals surface area contributed by atoms with Gasteiger partial charge in [-0.1, -0.05) is 74.5 Å². The van der Waals surface area contributed by atoms with E-state index in [2.05, 4.69) is 53.6 Å². The lowest BCUT2D eigenvalue weighted by Crippen LogP contribution is -2.20. The number of nitrogens with one attached hydrogen (secondary N) is 1. The lowest BCUT2D eigenvalue weighted by Gasteiger charge is -2.19. The lowest BCUT2D eigenvalue weighted by molar-refractivity contribution is -0.132. The number of aromatic nitrogens is 3. The minimum atomic E-state index is -0.508. The number of carbonyl (C=O) groups is 2. The number of aryl methyl sites for hydroxylation is 1. The van der Waals surface area contributed by atoms with Crippen molar-refractivity contribution in [3.8, 4) is 34.3 Å². The van der Waals surface area contributed by atoms with Gasteiger partial charge in [0.25, 0.3) is 5.91 Å². The smallest absolute Gasteiger partial charge is 0.308 e. The maximum absolute atomic E-state index is 12.7. The van der Waals surface area contributed by atoms with Crippen molar-refractivity contribution in [1.82, 2.24) is 20.2 Å². The molecule has 11 heteroatoms. The number of thioether (sulfide) groups is 1. The molecule has 0 aliphatic heterocycles. The molecule has 0 atom stereocenters. The van der Waals surface area contributed by atoms with Crippen LogP contribution in [-0.2, 0) is 15.0 Å². The van der Waals surface area contributed by atoms with Crippen LogP contribution in [-0.4, -0.2) is 52.8 Å². The molecule has 0 aliphatic rings. The number of nitrogens with zero attached hydrogens (tertiary/aromatic N) is 4. The Labute approximate surface area is 255 Å². The summed E-state index contributed by atoms with van der Waals surface area (Å²) in [4.78, 5) is 24.2. The molecule has 1 amide bonds. The van der Waals surface area contributed by atoms with Gasteiger partial charge in [-0.25, -0.2) is 5.43 Å². The Morgan fingerprint density at radius 2 is 1.60 bits per heavy atom. The fourth-order valence-electron chi connectivity index (χ4n) is 4.16. The van der Waals surface area contributed by atoms with E-state index in [0.717, 1.165) is 16.8 Å². The molecule has 0 saturated heterocycles. The van der Waals surface area contributed by atoms with Gasteiger partial charge in [-0.05, 0) is 42.2 Å². The van der Waals surface area contributed by atoms with Crippen molar-refractivity contribution in [3.63, 3.8) is 0 Å². The highest BCUT2D eigenvalue weighted by atomic mass is 32.2. The quantitative estimate of drug-likeness (QED) is 0.0806. The molecule has 1 N–H and O–H groups in total. The molecule has 3 aromatic carbocycles. The summed E-state index contributed by atoms with van der Waals surface area (Å²) in [7, 11) is 2.90. The summed E-state index contributed by atoms with van der Waals surface area (Å²) in [5.74, 6) is 0.650. The normalized spacial score (nSPS) is 11.4. The first-order valence-electron chi connectivity index (χ1n) is 13.5. The van der Waals surface area contributed by atoms with E-state index in [-0.39, 0.29) is 34.3 Å². The monoisotopic (exact) mass is 601 g/mol. The van der Waals surface area contributed by atoms with Crippen LogP contribution in [0.1, 0.15) is 44.4 Å². The fourth-order valence-corrected chi connectivity index (χ4v) is 4.90. The predicted molar refractivity (Wildman–Crippen MR) is 168 cm³/mol. The van der Waals surface area contributed by atoms with E-state index >= 15 is 0 Å². The standard InChI is InChI=1S/C32H35N5O5S/c1-20-8-14-25(15-9-20)37-30(23-10-12-24(13-11-23)32(3,4)5)35-36-31(37)43-19-28(39)34-33-18-22-16-26(40-6)29(42-21(2)38)27(17-22)41-7/h8-18H,19H2,1-7H3,(H,34,39)/b33-18+. The number of hydrazone groups is 1. The highest BCUT2D eigenvalue weighted by Crippen LogP contribution is 2.38. The van der Waals surface area contributed by atoms with Gasteiger partial charge >= 0.3 is 5.97 Å². The molecule has 0 fully saturated rings. The first kappa shape index (κ1) is 31.3. The maximum Gasteiger partial charge on any atom is 0.308 e. The van der Waals surface area contributed by atoms with Gasteiger partial charge in [-0.2, -0.15) is 5.10 Å². The summed E-state index contributed by atoms with van der Waals surface area (Å²) in [6.07, 6.45) is 1.44. The molecule has 1 aromatic heterocycles. The molecule has 43 heavy (non-hydrogen) atoms. The lowest BCUT2D eigenvalue weighted by atomic mass is 9.87. The number of amides is 1. The summed E-state index contributed by atoms with van der Waals surface area (Å²) < 4.78 is 17.8. The molecule has 0 bridgehead atoms. The number of methoxy groups -OCH3 is 2. The molecule has 0 saturated carbocycles. The first-order valence-corrected chi connectivity index (χ1v) is 14.5. The van der Waals surface area contributed by atoms with Gasteiger partial charge in [0.05, 0.1) is 26.2 Å². The third-order valence-corrected chi connectivity index (χ3v) is 7.33. The van der Waals surface area contributed by atoms with Crippen molar-refractivity contribution in [2.75, 3.05) is 20.0 Å². The van der Waals surface area contributed by atoms with E-state index < -0.39 is 5.97 Å². The van der Waals surface area contributed by atoms with E-state index in [1.807, 2.05) is 47.9 Å². The summed E-state index contributed by atoms with van der Waals surface area (Å²) in [5, 5.41) is 13.6. The first-order chi connectivity index (χ1) is 20.5. The summed E-state index contributed by atoms with van der Waals surface area (Å²) in [5.41, 5.74) is 7.31. The summed E-state index contributed by atoms with van der Waals surface area (Å²) in [6, 6.07) is 19.6. The minimum absolute atomic E-state index is 0.0332. The van der Waals surface area contributed by atoms with Crippen LogP contribution in [0.25, 0.3) is 17.1 Å². The van der Waals surface area contributed by atoms with Gasteiger partial charge in [0.15, 0.2) is 22.5 Å². The molecule has 10 nitrogen and oxygen atoms in total. The van der Waals surface area contributed by atoms with Crippen LogP contribution >= 0.6 is 11.8 Å². The topological polar surface area (TPSA) is 117 Å². The number of rotatable bonds is 10. The predicted octanol–water partition coefficient (Wildman–Crippen LogP) is 5.73. The van der Waals surface area contributed by atoms with Crippen LogP contribution in [0.5, 0.6) is 17.2 Å². The molecule has 0 radical (unpaired) electrons. The Hall–Kier alpha value is -4.64. The van der Waals surface area contributed by atoms with E-state index in [0.29, 0.717) is 16.5 Å². The summed E-state index contributed by atoms with van der Waals surface area (Å²) in [6.45, 7) is 9.85. The van der Waals surface area contributed by atoms with Crippen molar-refractivity contribution in [2.45, 2.75) is 45.2 Å². The van der Waals surface area contributed by atoms with Crippen LogP contribution in [0.3, 0.4) is 0 Å². The molecule has 4 rings (SSSR count). The Morgan fingerprint density at radius 1 is 0.977 bits per heavy atom. The van der Waals surface area contributed by atoms with Crippen LogP contribution < -0.4 is 19.6 Å². The van der Waals surface area contributed by atoms with Crippen molar-refractivity contribution in [2.24, 2.45) is 5.10 Å². The second kappa shape index (κ2) is 13.6. The van der Waals surface area contributed by atoms with Crippen molar-refractivity contribution in [1.29, 1.82) is 0 Å². The second-order valence-corrected chi connectivity index (χ2v) is 11.7.